The summed E-state index contributed by atoms with van der Waals surface area (Å²) < 4.78 is 0. The number of aryl methyl sites for hydroxylation is 3. The van der Waals surface area contributed by atoms with Gasteiger partial charge in [-0.25, -0.2) is 0 Å². The number of allylic oxidation sites excluding steroid dienone is 1. The third kappa shape index (κ3) is 19.3. The van der Waals surface area contributed by atoms with Gasteiger partial charge in [-0.1, -0.05) is 71.2 Å². The van der Waals surface area contributed by atoms with Crippen LogP contribution in [0.1, 0.15) is 78.0 Å². The van der Waals surface area contributed by atoms with Gasteiger partial charge in [0.15, 0.2) is 0 Å². The van der Waals surface area contributed by atoms with Gasteiger partial charge in [0, 0.05) is 0 Å². The molecular weight excluding hydrogens is 240 g/mol. The third-order valence-electron chi connectivity index (χ3n) is 2.48. The van der Waals surface area contributed by atoms with Crippen LogP contribution in [0.4, 0.5) is 0 Å². The lowest BCUT2D eigenvalue weighted by Gasteiger charge is -2.01. The van der Waals surface area contributed by atoms with E-state index in [0.29, 0.717) is 0 Å². The first-order chi connectivity index (χ1) is 9.38. The Morgan fingerprint density at radius 3 is 1.55 bits per heavy atom. The molecule has 1 aromatic rings. The Morgan fingerprint density at radius 2 is 1.30 bits per heavy atom. The van der Waals surface area contributed by atoms with Crippen LogP contribution < -0.4 is 0 Å². The number of hydrogen-bond acceptors (Lipinski definition) is 0. The summed E-state index contributed by atoms with van der Waals surface area (Å²) in [5.74, 6) is 0. The Morgan fingerprint density at radius 1 is 0.900 bits per heavy atom. The minimum absolute atomic E-state index is 1.14. The summed E-state index contributed by atoms with van der Waals surface area (Å²) in [6.07, 6.45) is 3.78. The Balaban J connectivity index is -0.000000243. The van der Waals surface area contributed by atoms with Crippen LogP contribution in [0.5, 0.6) is 0 Å². The van der Waals surface area contributed by atoms with Gasteiger partial charge in [0.1, 0.15) is 0 Å². The lowest BCUT2D eigenvalue weighted by molar-refractivity contribution is 0.886. The fraction of sp³-hybridized carbons (Fsp3) is 0.600. The molecule has 0 heterocycles. The number of unbranched alkanes of at least 4 members (excludes halogenated alkanes) is 1. The van der Waals surface area contributed by atoms with E-state index in [0.717, 1.165) is 6.42 Å². The zero-order valence-electron chi connectivity index (χ0n) is 15.6. The van der Waals surface area contributed by atoms with E-state index in [2.05, 4.69) is 59.4 Å². The van der Waals surface area contributed by atoms with E-state index in [4.69, 9.17) is 0 Å². The number of rotatable bonds is 2. The van der Waals surface area contributed by atoms with Crippen molar-refractivity contribution in [1.82, 2.24) is 0 Å². The van der Waals surface area contributed by atoms with E-state index in [1.54, 1.807) is 0 Å². The molecule has 0 unspecified atom stereocenters. The Kier molecular flexibility index (Phi) is 21.6. The summed E-state index contributed by atoms with van der Waals surface area (Å²) in [6.45, 7) is 22.4. The summed E-state index contributed by atoms with van der Waals surface area (Å²) in [5.41, 5.74) is 5.39. The van der Waals surface area contributed by atoms with E-state index in [1.807, 2.05) is 27.7 Å². The highest BCUT2D eigenvalue weighted by atomic mass is 14.0. The second kappa shape index (κ2) is 18.0. The van der Waals surface area contributed by atoms with E-state index in [1.165, 1.54) is 35.1 Å². The van der Waals surface area contributed by atoms with Gasteiger partial charge in [0.05, 0.1) is 0 Å². The molecule has 0 atom stereocenters. The monoisotopic (exact) mass is 278 g/mol. The van der Waals surface area contributed by atoms with Crippen LogP contribution in [-0.2, 0) is 6.42 Å². The van der Waals surface area contributed by atoms with Gasteiger partial charge in [-0.15, -0.1) is 6.58 Å². The molecule has 0 N–H and O–H groups in total. The lowest BCUT2D eigenvalue weighted by Crippen LogP contribution is -1.84. The van der Waals surface area contributed by atoms with Gasteiger partial charge in [-0.3, -0.25) is 0 Å². The van der Waals surface area contributed by atoms with Crippen molar-refractivity contribution in [2.45, 2.75) is 81.6 Å². The van der Waals surface area contributed by atoms with Gasteiger partial charge in [0.2, 0.25) is 0 Å². The van der Waals surface area contributed by atoms with Gasteiger partial charge in [-0.05, 0) is 50.8 Å². The molecule has 0 radical (unpaired) electrons. The topological polar surface area (TPSA) is 0 Å². The first-order valence-corrected chi connectivity index (χ1v) is 8.07. The predicted molar refractivity (Wildman–Crippen MR) is 97.7 cm³/mol. The summed E-state index contributed by atoms with van der Waals surface area (Å²) in [4.78, 5) is 0. The highest BCUT2D eigenvalue weighted by Crippen LogP contribution is 2.09. The molecule has 20 heavy (non-hydrogen) atoms. The first-order valence-electron chi connectivity index (χ1n) is 8.07. The Hall–Kier alpha value is -1.04. The summed E-state index contributed by atoms with van der Waals surface area (Å²) in [7, 11) is 0. The minimum Gasteiger partial charge on any atom is -0.100 e. The summed E-state index contributed by atoms with van der Waals surface area (Å²) in [6, 6.07) is 6.64. The molecule has 0 spiro atoms. The molecule has 0 aliphatic rings. The average molecular weight is 279 g/mol. The van der Waals surface area contributed by atoms with Crippen LogP contribution in [0.15, 0.2) is 30.4 Å². The molecule has 0 aliphatic heterocycles. The summed E-state index contributed by atoms with van der Waals surface area (Å²) >= 11 is 0. The van der Waals surface area contributed by atoms with E-state index in [-0.39, 0.29) is 0 Å². The van der Waals surface area contributed by atoms with Gasteiger partial charge in [-0.2, -0.15) is 0 Å². The lowest BCUT2D eigenvalue weighted by atomic mass is 10.1. The van der Waals surface area contributed by atoms with E-state index in [9.17, 15) is 0 Å². The molecule has 0 amide bonds. The fourth-order valence-corrected chi connectivity index (χ4v) is 1.02. The Bertz CT molecular complexity index is 315. The van der Waals surface area contributed by atoms with Crippen LogP contribution in [0.25, 0.3) is 0 Å². The molecule has 1 rings (SSSR count). The maximum atomic E-state index is 3.56. The van der Waals surface area contributed by atoms with Crippen LogP contribution in [0.3, 0.4) is 0 Å². The molecule has 0 aliphatic carbocycles. The first kappa shape index (κ1) is 24.0. The van der Waals surface area contributed by atoms with Crippen molar-refractivity contribution in [3.8, 4) is 0 Å². The molecule has 118 valence electrons. The van der Waals surface area contributed by atoms with Gasteiger partial charge >= 0.3 is 0 Å². The van der Waals surface area contributed by atoms with Crippen LogP contribution in [0.2, 0.25) is 0 Å². The van der Waals surface area contributed by atoms with Gasteiger partial charge < -0.3 is 0 Å². The molecule has 0 bridgehead atoms. The van der Waals surface area contributed by atoms with Crippen molar-refractivity contribution < 1.29 is 0 Å². The largest absolute Gasteiger partial charge is 0.100 e. The normalized spacial score (nSPS) is 8.05. The Labute approximate surface area is 129 Å². The van der Waals surface area contributed by atoms with Crippen LogP contribution >= 0.6 is 0 Å². The second-order valence-electron chi connectivity index (χ2n) is 4.98. The zero-order chi connectivity index (χ0) is 16.6. The molecule has 0 saturated heterocycles. The highest BCUT2D eigenvalue weighted by molar-refractivity contribution is 5.29. The molecule has 0 aromatic heterocycles. The molecule has 0 fully saturated rings. The smallest absolute Gasteiger partial charge is 0.0307 e. The van der Waals surface area contributed by atoms with Crippen molar-refractivity contribution in [2.24, 2.45) is 0 Å². The van der Waals surface area contributed by atoms with Crippen LogP contribution in [0, 0.1) is 13.8 Å². The van der Waals surface area contributed by atoms with Crippen molar-refractivity contribution in [3.05, 3.63) is 47.0 Å². The van der Waals surface area contributed by atoms with Crippen molar-refractivity contribution in [1.29, 1.82) is 0 Å². The van der Waals surface area contributed by atoms with Crippen molar-refractivity contribution >= 4 is 0 Å². The third-order valence-corrected chi connectivity index (χ3v) is 2.48. The van der Waals surface area contributed by atoms with Crippen molar-refractivity contribution in [2.75, 3.05) is 0 Å². The summed E-state index contributed by atoms with van der Waals surface area (Å²) in [5, 5.41) is 0. The molecule has 1 aromatic carbocycles. The molecule has 0 heteroatoms. The quantitative estimate of drug-likeness (QED) is 0.498. The highest BCUT2D eigenvalue weighted by Gasteiger charge is 1.92. The molecule has 0 saturated carbocycles. The van der Waals surface area contributed by atoms with Gasteiger partial charge in [0.25, 0.3) is 0 Å². The second-order valence-corrected chi connectivity index (χ2v) is 4.98. The maximum absolute atomic E-state index is 3.56. The molecular formula is C20H38. The predicted octanol–water partition coefficient (Wildman–Crippen LogP) is 7.28. The zero-order valence-corrected chi connectivity index (χ0v) is 15.6. The average Bonchev–Trinajstić information content (AvgIpc) is 2.44. The molecule has 0 nitrogen and oxygen atoms in total. The standard InChI is InChI=1S/C10H14.C4H8.C4H10.C2H6/c1-4-10-6-5-8(2)9(3)7-10;1-4(2)3;1-3-4-2;1-2/h5-7H,4H2,1-3H3;1H2,2-3H3;3-4H2,1-2H3;1-2H3. The number of hydrogen-bond donors (Lipinski definition) is 0. The number of benzene rings is 1. The van der Waals surface area contributed by atoms with Crippen LogP contribution in [-0.4, -0.2) is 0 Å². The van der Waals surface area contributed by atoms with Crippen molar-refractivity contribution in [3.63, 3.8) is 0 Å². The minimum atomic E-state index is 1.14. The SMILES string of the molecule is C=C(C)C.CC.CCCC.CCc1ccc(C)c(C)c1. The van der Waals surface area contributed by atoms with E-state index >= 15 is 0 Å². The fourth-order valence-electron chi connectivity index (χ4n) is 1.02. The maximum Gasteiger partial charge on any atom is -0.0307 e. The van der Waals surface area contributed by atoms with E-state index < -0.39 is 0 Å².